The number of nitrogens with one attached hydrogen (secondary N) is 3. The molecule has 2 aromatic rings. The highest BCUT2D eigenvalue weighted by atomic mass is 79.9. The number of carbonyl (C=O) groups is 2. The number of para-hydroxylation sites is 1. The molecule has 0 aliphatic heterocycles. The Balaban J connectivity index is 1.59. The van der Waals surface area contributed by atoms with Gasteiger partial charge in [0.15, 0.2) is 0 Å². The first-order chi connectivity index (χ1) is 13.0. The van der Waals surface area contributed by atoms with Crippen molar-refractivity contribution in [2.45, 2.75) is 20.3 Å². The minimum Gasteiger partial charge on any atom is -0.491 e. The van der Waals surface area contributed by atoms with Crippen LogP contribution in [0.3, 0.4) is 0 Å². The van der Waals surface area contributed by atoms with Gasteiger partial charge in [0.2, 0.25) is 5.91 Å². The predicted molar refractivity (Wildman–Crippen MR) is 110 cm³/mol. The number of hydrogen-bond donors (Lipinski definition) is 3. The number of rotatable bonds is 8. The third kappa shape index (κ3) is 7.30. The van der Waals surface area contributed by atoms with Gasteiger partial charge in [-0.15, -0.1) is 0 Å². The molecule has 2 aromatic carbocycles. The average Bonchev–Trinajstić information content (AvgIpc) is 2.62. The van der Waals surface area contributed by atoms with Crippen molar-refractivity contribution in [1.29, 1.82) is 0 Å². The van der Waals surface area contributed by atoms with E-state index >= 15 is 0 Å². The molecule has 3 amide bonds. The quantitative estimate of drug-likeness (QED) is 0.554. The lowest BCUT2D eigenvalue weighted by molar-refractivity contribution is -0.121. The maximum Gasteiger partial charge on any atom is 0.319 e. The summed E-state index contributed by atoms with van der Waals surface area (Å²) in [5, 5.41) is 8.14. The molecular weight excluding hydrogens is 410 g/mol. The van der Waals surface area contributed by atoms with Gasteiger partial charge >= 0.3 is 6.03 Å². The minimum absolute atomic E-state index is 0.135. The monoisotopic (exact) mass is 433 g/mol. The van der Waals surface area contributed by atoms with Crippen LogP contribution in [0.1, 0.15) is 17.5 Å². The van der Waals surface area contributed by atoms with E-state index in [0.717, 1.165) is 21.3 Å². The molecule has 0 spiro atoms. The van der Waals surface area contributed by atoms with Gasteiger partial charge in [0.1, 0.15) is 12.4 Å². The van der Waals surface area contributed by atoms with Gasteiger partial charge in [-0.05, 0) is 49.2 Å². The summed E-state index contributed by atoms with van der Waals surface area (Å²) in [6, 6.07) is 12.9. The van der Waals surface area contributed by atoms with Crippen molar-refractivity contribution >= 4 is 33.6 Å². The average molecular weight is 434 g/mol. The Bertz CT molecular complexity index is 758. The highest BCUT2D eigenvalue weighted by molar-refractivity contribution is 9.10. The smallest absolute Gasteiger partial charge is 0.319 e. The van der Waals surface area contributed by atoms with Crippen molar-refractivity contribution in [1.82, 2.24) is 10.6 Å². The number of hydrogen-bond acceptors (Lipinski definition) is 3. The third-order valence-corrected chi connectivity index (χ3v) is 4.35. The summed E-state index contributed by atoms with van der Waals surface area (Å²) in [6.45, 7) is 5.05. The highest BCUT2D eigenvalue weighted by Crippen LogP contribution is 2.21. The zero-order valence-electron chi connectivity index (χ0n) is 15.5. The van der Waals surface area contributed by atoms with Gasteiger partial charge in [-0.1, -0.05) is 34.1 Å². The van der Waals surface area contributed by atoms with Crippen LogP contribution in [-0.4, -0.2) is 31.6 Å². The largest absolute Gasteiger partial charge is 0.491 e. The van der Waals surface area contributed by atoms with Crippen molar-refractivity contribution in [3.05, 3.63) is 58.1 Å². The molecule has 0 aliphatic rings. The number of benzene rings is 2. The van der Waals surface area contributed by atoms with Crippen LogP contribution in [0, 0.1) is 13.8 Å². The zero-order valence-corrected chi connectivity index (χ0v) is 17.1. The van der Waals surface area contributed by atoms with Crippen LogP contribution in [0.15, 0.2) is 46.9 Å². The van der Waals surface area contributed by atoms with E-state index in [0.29, 0.717) is 18.8 Å². The fraction of sp³-hybridized carbons (Fsp3) is 0.300. The molecule has 0 heterocycles. The van der Waals surface area contributed by atoms with E-state index in [1.165, 1.54) is 0 Å². The summed E-state index contributed by atoms with van der Waals surface area (Å²) in [6.07, 6.45) is 0.206. The van der Waals surface area contributed by atoms with Crippen molar-refractivity contribution < 1.29 is 14.3 Å². The number of amides is 3. The predicted octanol–water partition coefficient (Wildman–Crippen LogP) is 3.77. The van der Waals surface area contributed by atoms with E-state index in [-0.39, 0.29) is 24.9 Å². The molecule has 27 heavy (non-hydrogen) atoms. The Kier molecular flexibility index (Phi) is 8.13. The fourth-order valence-electron chi connectivity index (χ4n) is 2.46. The lowest BCUT2D eigenvalue weighted by Crippen LogP contribution is -2.34. The van der Waals surface area contributed by atoms with Crippen LogP contribution in [-0.2, 0) is 4.79 Å². The summed E-state index contributed by atoms with van der Waals surface area (Å²) in [5.41, 5.74) is 2.83. The molecule has 0 radical (unpaired) electrons. The molecule has 2 rings (SSSR count). The molecule has 0 fully saturated rings. The Labute approximate surface area is 167 Å². The van der Waals surface area contributed by atoms with Crippen molar-refractivity contribution in [2.24, 2.45) is 0 Å². The topological polar surface area (TPSA) is 79.5 Å². The zero-order chi connectivity index (χ0) is 19.6. The lowest BCUT2D eigenvalue weighted by Gasteiger charge is -2.12. The number of urea groups is 1. The second-order valence-corrected chi connectivity index (χ2v) is 6.97. The van der Waals surface area contributed by atoms with Gasteiger partial charge in [0, 0.05) is 23.1 Å². The van der Waals surface area contributed by atoms with Gasteiger partial charge in [0.05, 0.1) is 6.54 Å². The van der Waals surface area contributed by atoms with Crippen LogP contribution in [0.25, 0.3) is 0 Å². The normalized spacial score (nSPS) is 10.2. The number of aryl methyl sites for hydroxylation is 2. The van der Waals surface area contributed by atoms with Gasteiger partial charge in [-0.25, -0.2) is 4.79 Å². The van der Waals surface area contributed by atoms with Crippen LogP contribution >= 0.6 is 15.9 Å². The van der Waals surface area contributed by atoms with E-state index in [2.05, 4.69) is 31.9 Å². The van der Waals surface area contributed by atoms with Gasteiger partial charge in [-0.3, -0.25) is 4.79 Å². The fourth-order valence-corrected chi connectivity index (χ4v) is 2.72. The van der Waals surface area contributed by atoms with Gasteiger partial charge in [-0.2, -0.15) is 0 Å². The molecule has 7 heteroatoms. The van der Waals surface area contributed by atoms with E-state index in [1.807, 2.05) is 44.2 Å². The number of ether oxygens (including phenoxy) is 1. The van der Waals surface area contributed by atoms with Crippen molar-refractivity contribution in [3.8, 4) is 5.75 Å². The Morgan fingerprint density at radius 2 is 1.63 bits per heavy atom. The minimum atomic E-state index is -0.344. The third-order valence-electron chi connectivity index (χ3n) is 3.82. The molecule has 0 unspecified atom stereocenters. The van der Waals surface area contributed by atoms with E-state index in [4.69, 9.17) is 4.74 Å². The summed E-state index contributed by atoms with van der Waals surface area (Å²) in [4.78, 5) is 23.6. The van der Waals surface area contributed by atoms with Gasteiger partial charge in [0.25, 0.3) is 0 Å². The van der Waals surface area contributed by atoms with Crippen LogP contribution < -0.4 is 20.7 Å². The molecule has 0 saturated carbocycles. The van der Waals surface area contributed by atoms with Crippen LogP contribution in [0.5, 0.6) is 5.75 Å². The van der Waals surface area contributed by atoms with Crippen molar-refractivity contribution in [2.75, 3.05) is 25.0 Å². The Morgan fingerprint density at radius 1 is 0.963 bits per heavy atom. The van der Waals surface area contributed by atoms with E-state index < -0.39 is 0 Å². The number of anilines is 1. The Morgan fingerprint density at radius 3 is 2.30 bits per heavy atom. The SMILES string of the molecule is Cc1cccc(C)c1OCCNC(=O)CCNC(=O)Nc1ccc(Br)cc1. The first-order valence-corrected chi connectivity index (χ1v) is 9.51. The van der Waals surface area contributed by atoms with Gasteiger partial charge < -0.3 is 20.7 Å². The summed E-state index contributed by atoms with van der Waals surface area (Å²) in [5.74, 6) is 0.724. The molecule has 0 bridgehead atoms. The van der Waals surface area contributed by atoms with E-state index in [1.54, 1.807) is 12.1 Å². The number of halogens is 1. The Hall–Kier alpha value is -2.54. The molecule has 6 nitrogen and oxygen atoms in total. The maximum absolute atomic E-state index is 11.8. The first kappa shape index (κ1) is 20.8. The van der Waals surface area contributed by atoms with Crippen molar-refractivity contribution in [3.63, 3.8) is 0 Å². The standard InChI is InChI=1S/C20H24BrN3O3/c1-14-4-3-5-15(2)19(14)27-13-12-22-18(25)10-11-23-20(26)24-17-8-6-16(21)7-9-17/h3-9H,10-13H2,1-2H3,(H,22,25)(H2,23,24,26). The lowest BCUT2D eigenvalue weighted by atomic mass is 10.1. The molecule has 0 atom stereocenters. The van der Waals surface area contributed by atoms with E-state index in [9.17, 15) is 9.59 Å². The van der Waals surface area contributed by atoms with Crippen LogP contribution in [0.4, 0.5) is 10.5 Å². The second-order valence-electron chi connectivity index (χ2n) is 6.06. The summed E-state index contributed by atoms with van der Waals surface area (Å²) in [7, 11) is 0. The molecule has 0 aliphatic carbocycles. The second kappa shape index (κ2) is 10.6. The maximum atomic E-state index is 11.8. The molecule has 144 valence electrons. The molecule has 0 saturated heterocycles. The molecule has 0 aromatic heterocycles. The molecule has 3 N–H and O–H groups in total. The number of carbonyl (C=O) groups excluding carboxylic acids is 2. The summed E-state index contributed by atoms with van der Waals surface area (Å²) >= 11 is 3.33. The highest BCUT2D eigenvalue weighted by Gasteiger charge is 2.06. The summed E-state index contributed by atoms with van der Waals surface area (Å²) < 4.78 is 6.67. The van der Waals surface area contributed by atoms with Crippen LogP contribution in [0.2, 0.25) is 0 Å². The molecular formula is C20H24BrN3O3. The first-order valence-electron chi connectivity index (χ1n) is 8.72.